The summed E-state index contributed by atoms with van der Waals surface area (Å²) in [5.41, 5.74) is -1.58. The van der Waals surface area contributed by atoms with Crippen molar-refractivity contribution >= 4 is 0 Å². The summed E-state index contributed by atoms with van der Waals surface area (Å²) in [6.07, 6.45) is -3.21. The summed E-state index contributed by atoms with van der Waals surface area (Å²) in [6, 6.07) is 0. The highest BCUT2D eigenvalue weighted by atomic mass is 19.4. The Morgan fingerprint density at radius 1 is 1.36 bits per heavy atom. The molecule has 0 aromatic carbocycles. The Balaban J connectivity index is 2.81. The highest BCUT2D eigenvalue weighted by Gasteiger charge is 2.55. The summed E-state index contributed by atoms with van der Waals surface area (Å²) in [4.78, 5) is 1.38. The van der Waals surface area contributed by atoms with E-state index in [0.717, 1.165) is 0 Å². The molecule has 0 saturated carbocycles. The molecule has 4 heteroatoms. The van der Waals surface area contributed by atoms with Crippen LogP contribution in [0.3, 0.4) is 0 Å². The molecule has 1 fully saturated rings. The molecule has 11 heavy (non-hydrogen) atoms. The van der Waals surface area contributed by atoms with Gasteiger partial charge in [-0.25, -0.2) is 0 Å². The van der Waals surface area contributed by atoms with Crippen LogP contribution in [0.1, 0.15) is 19.8 Å². The Labute approximate surface area is 64.2 Å². The van der Waals surface area contributed by atoms with Crippen molar-refractivity contribution in [3.05, 3.63) is 0 Å². The zero-order chi connectivity index (χ0) is 8.70. The summed E-state index contributed by atoms with van der Waals surface area (Å²) in [5, 5.41) is 0. The fraction of sp³-hybridized carbons (Fsp3) is 1.00. The monoisotopic (exact) mass is 167 g/mol. The van der Waals surface area contributed by atoms with Gasteiger partial charge >= 0.3 is 6.18 Å². The summed E-state index contributed by atoms with van der Waals surface area (Å²) in [6.45, 7) is 1.82. The Morgan fingerprint density at radius 3 is 2.09 bits per heavy atom. The molecule has 0 N–H and O–H groups in total. The zero-order valence-electron chi connectivity index (χ0n) is 6.70. The maximum absolute atomic E-state index is 12.4. The Morgan fingerprint density at radius 2 is 1.91 bits per heavy atom. The van der Waals surface area contributed by atoms with Crippen molar-refractivity contribution in [1.82, 2.24) is 4.90 Å². The molecule has 0 aliphatic carbocycles. The third-order valence-electron chi connectivity index (χ3n) is 2.61. The van der Waals surface area contributed by atoms with Crippen molar-refractivity contribution in [2.45, 2.75) is 31.5 Å². The SMILES string of the molecule is CN1CCCC1(C)C(F)(F)F. The van der Waals surface area contributed by atoms with Crippen LogP contribution < -0.4 is 0 Å². The van der Waals surface area contributed by atoms with Crippen molar-refractivity contribution in [3.8, 4) is 0 Å². The largest absolute Gasteiger partial charge is 0.406 e. The van der Waals surface area contributed by atoms with Gasteiger partial charge in [0.25, 0.3) is 0 Å². The van der Waals surface area contributed by atoms with Gasteiger partial charge in [0, 0.05) is 0 Å². The lowest BCUT2D eigenvalue weighted by Gasteiger charge is -2.34. The molecule has 66 valence electrons. The topological polar surface area (TPSA) is 3.24 Å². The van der Waals surface area contributed by atoms with Crippen molar-refractivity contribution in [3.63, 3.8) is 0 Å². The standard InChI is InChI=1S/C7H12F3N/c1-6(7(8,9)10)4-3-5-11(6)2/h3-5H2,1-2H3. The maximum atomic E-state index is 12.4. The second-order valence-corrected chi connectivity index (χ2v) is 3.30. The smallest absolute Gasteiger partial charge is 0.293 e. The van der Waals surface area contributed by atoms with E-state index in [2.05, 4.69) is 0 Å². The van der Waals surface area contributed by atoms with Crippen molar-refractivity contribution < 1.29 is 13.2 Å². The minimum Gasteiger partial charge on any atom is -0.293 e. The molecule has 1 aliphatic rings. The summed E-state index contributed by atoms with van der Waals surface area (Å²) in [5.74, 6) is 0. The van der Waals surface area contributed by atoms with Gasteiger partial charge in [-0.2, -0.15) is 13.2 Å². The van der Waals surface area contributed by atoms with Gasteiger partial charge in [-0.3, -0.25) is 4.90 Å². The van der Waals surface area contributed by atoms with Crippen LogP contribution in [0.4, 0.5) is 13.2 Å². The molecule has 1 nitrogen and oxygen atoms in total. The number of alkyl halides is 3. The highest BCUT2D eigenvalue weighted by molar-refractivity contribution is 4.96. The average Bonchev–Trinajstić information content (AvgIpc) is 2.12. The minimum atomic E-state index is -4.09. The molecule has 0 bridgehead atoms. The van der Waals surface area contributed by atoms with Crippen molar-refractivity contribution in [1.29, 1.82) is 0 Å². The van der Waals surface area contributed by atoms with Gasteiger partial charge < -0.3 is 0 Å². The summed E-state index contributed by atoms with van der Waals surface area (Å²) < 4.78 is 37.1. The first-order valence-electron chi connectivity index (χ1n) is 3.66. The lowest BCUT2D eigenvalue weighted by molar-refractivity contribution is -0.213. The molecule has 1 atom stereocenters. The van der Waals surface area contributed by atoms with E-state index >= 15 is 0 Å². The molecule has 0 amide bonds. The molecule has 0 radical (unpaired) electrons. The second-order valence-electron chi connectivity index (χ2n) is 3.30. The summed E-state index contributed by atoms with van der Waals surface area (Å²) in [7, 11) is 1.53. The predicted molar refractivity (Wildman–Crippen MR) is 36.3 cm³/mol. The number of nitrogens with zero attached hydrogens (tertiary/aromatic N) is 1. The summed E-state index contributed by atoms with van der Waals surface area (Å²) >= 11 is 0. The first-order chi connectivity index (χ1) is 4.88. The van der Waals surface area contributed by atoms with E-state index < -0.39 is 11.7 Å². The Kier molecular flexibility index (Phi) is 1.90. The number of hydrogen-bond acceptors (Lipinski definition) is 1. The van der Waals surface area contributed by atoms with Crippen LogP contribution >= 0.6 is 0 Å². The normalized spacial score (nSPS) is 34.6. The molecule has 0 spiro atoms. The third-order valence-corrected chi connectivity index (χ3v) is 2.61. The number of hydrogen-bond donors (Lipinski definition) is 0. The van der Waals surface area contributed by atoms with Gasteiger partial charge in [-0.05, 0) is 33.4 Å². The Hall–Kier alpha value is -0.250. The minimum absolute atomic E-state index is 0.229. The van der Waals surface area contributed by atoms with E-state index in [1.807, 2.05) is 0 Å². The first-order valence-corrected chi connectivity index (χ1v) is 3.66. The number of halogens is 3. The molecule has 1 aliphatic heterocycles. The van der Waals surface area contributed by atoms with Gasteiger partial charge in [0.05, 0.1) is 0 Å². The molecule has 1 saturated heterocycles. The molecule has 0 aromatic heterocycles. The van der Waals surface area contributed by atoms with Gasteiger partial charge in [-0.15, -0.1) is 0 Å². The Bertz CT molecular complexity index is 154. The zero-order valence-corrected chi connectivity index (χ0v) is 6.70. The van der Waals surface area contributed by atoms with E-state index in [9.17, 15) is 13.2 Å². The molecule has 1 rings (SSSR count). The maximum Gasteiger partial charge on any atom is 0.406 e. The van der Waals surface area contributed by atoms with Crippen molar-refractivity contribution in [2.24, 2.45) is 0 Å². The fourth-order valence-corrected chi connectivity index (χ4v) is 1.46. The van der Waals surface area contributed by atoms with Gasteiger partial charge in [0.1, 0.15) is 5.54 Å². The highest BCUT2D eigenvalue weighted by Crippen LogP contribution is 2.41. The molecule has 0 aromatic rings. The fourth-order valence-electron chi connectivity index (χ4n) is 1.46. The molecular weight excluding hydrogens is 155 g/mol. The number of rotatable bonds is 0. The van der Waals surface area contributed by atoms with Gasteiger partial charge in [0.2, 0.25) is 0 Å². The number of likely N-dealkylation sites (tertiary alicyclic amines) is 1. The second kappa shape index (κ2) is 2.37. The van der Waals surface area contributed by atoms with Gasteiger partial charge in [0.15, 0.2) is 0 Å². The molecule has 1 unspecified atom stereocenters. The van der Waals surface area contributed by atoms with Crippen LogP contribution in [0.25, 0.3) is 0 Å². The van der Waals surface area contributed by atoms with E-state index in [-0.39, 0.29) is 6.42 Å². The van der Waals surface area contributed by atoms with E-state index in [1.165, 1.54) is 18.9 Å². The van der Waals surface area contributed by atoms with Crippen LogP contribution in [0.15, 0.2) is 0 Å². The van der Waals surface area contributed by atoms with Crippen LogP contribution in [-0.2, 0) is 0 Å². The predicted octanol–water partition coefficient (Wildman–Crippen LogP) is 2.03. The van der Waals surface area contributed by atoms with Crippen LogP contribution in [0.5, 0.6) is 0 Å². The quantitative estimate of drug-likeness (QED) is 0.533. The third kappa shape index (κ3) is 1.24. The van der Waals surface area contributed by atoms with Gasteiger partial charge in [-0.1, -0.05) is 0 Å². The lowest BCUT2D eigenvalue weighted by Crippen LogP contribution is -2.50. The van der Waals surface area contributed by atoms with Crippen LogP contribution in [0, 0.1) is 0 Å². The van der Waals surface area contributed by atoms with E-state index in [0.29, 0.717) is 13.0 Å². The lowest BCUT2D eigenvalue weighted by atomic mass is 9.99. The molecular formula is C7H12F3N. The molecule has 1 heterocycles. The van der Waals surface area contributed by atoms with E-state index in [4.69, 9.17) is 0 Å². The van der Waals surface area contributed by atoms with Crippen LogP contribution in [-0.4, -0.2) is 30.2 Å². The van der Waals surface area contributed by atoms with E-state index in [1.54, 1.807) is 0 Å². The first kappa shape index (κ1) is 8.84. The van der Waals surface area contributed by atoms with Crippen LogP contribution in [0.2, 0.25) is 0 Å². The van der Waals surface area contributed by atoms with Crippen molar-refractivity contribution in [2.75, 3.05) is 13.6 Å². The average molecular weight is 167 g/mol.